The summed E-state index contributed by atoms with van der Waals surface area (Å²) < 4.78 is 8.38. The molecule has 2 aliphatic heterocycles. The fourth-order valence-corrected chi connectivity index (χ4v) is 4.76. The van der Waals surface area contributed by atoms with Gasteiger partial charge < -0.3 is 9.84 Å². The molecule has 0 spiro atoms. The van der Waals surface area contributed by atoms with Gasteiger partial charge in [0.05, 0.1) is 29.4 Å². The van der Waals surface area contributed by atoms with Gasteiger partial charge in [-0.25, -0.2) is 14.2 Å². The van der Waals surface area contributed by atoms with Crippen LogP contribution in [0.2, 0.25) is 0 Å². The third-order valence-electron chi connectivity index (χ3n) is 5.95. The van der Waals surface area contributed by atoms with Gasteiger partial charge in [0.25, 0.3) is 0 Å². The first-order valence-electron chi connectivity index (χ1n) is 10.2. The lowest BCUT2D eigenvalue weighted by atomic mass is 10.0. The van der Waals surface area contributed by atoms with Crippen LogP contribution in [-0.2, 0) is 4.74 Å². The van der Waals surface area contributed by atoms with Gasteiger partial charge in [-0.1, -0.05) is 24.3 Å². The molecule has 3 aromatic rings. The number of hydrogen-bond donors (Lipinski definition) is 1. The molecule has 1 N–H and O–H groups in total. The van der Waals surface area contributed by atoms with Crippen LogP contribution in [0.3, 0.4) is 0 Å². The maximum absolute atomic E-state index is 13.3. The van der Waals surface area contributed by atoms with Crippen molar-refractivity contribution in [2.75, 3.05) is 6.54 Å². The van der Waals surface area contributed by atoms with Crippen LogP contribution in [0.25, 0.3) is 16.5 Å². The highest BCUT2D eigenvalue weighted by Gasteiger charge is 2.50. The Balaban J connectivity index is 1.64. The van der Waals surface area contributed by atoms with Crippen LogP contribution >= 0.6 is 0 Å². The van der Waals surface area contributed by atoms with Crippen LogP contribution in [-0.4, -0.2) is 37.4 Å². The molecule has 1 aromatic heterocycles. The van der Waals surface area contributed by atoms with Crippen molar-refractivity contribution in [3.8, 4) is 17.6 Å². The smallest absolute Gasteiger partial charge is 0.410 e. The molecule has 2 aromatic carbocycles. The molecule has 1 saturated heterocycles. The van der Waals surface area contributed by atoms with Gasteiger partial charge in [0.1, 0.15) is 11.3 Å². The first-order valence-corrected chi connectivity index (χ1v) is 10.2. The van der Waals surface area contributed by atoms with Crippen molar-refractivity contribution in [1.29, 1.82) is 5.26 Å². The van der Waals surface area contributed by atoms with Crippen molar-refractivity contribution in [2.24, 2.45) is 0 Å². The van der Waals surface area contributed by atoms with Gasteiger partial charge in [0.2, 0.25) is 5.88 Å². The molecule has 0 aliphatic carbocycles. The lowest BCUT2D eigenvalue weighted by Gasteiger charge is -2.30. The number of aromatic nitrogens is 2. The number of aromatic hydroxyl groups is 1. The highest BCUT2D eigenvalue weighted by Crippen LogP contribution is 2.49. The quantitative estimate of drug-likeness (QED) is 0.651. The van der Waals surface area contributed by atoms with Crippen LogP contribution in [0.15, 0.2) is 41.2 Å². The van der Waals surface area contributed by atoms with Gasteiger partial charge in [-0.15, -0.1) is 0 Å². The van der Waals surface area contributed by atoms with Crippen LogP contribution in [0.4, 0.5) is 4.79 Å². The molecule has 1 fully saturated rings. The predicted molar refractivity (Wildman–Crippen MR) is 113 cm³/mol. The minimum absolute atomic E-state index is 0.180. The number of carbonyl (C=O) groups is 1. The summed E-state index contributed by atoms with van der Waals surface area (Å²) >= 11 is 0. The minimum atomic E-state index is -0.631. The number of imidazole rings is 1. The number of likely N-dealkylation sites (tertiary alicyclic amines) is 1. The third-order valence-corrected chi connectivity index (χ3v) is 5.95. The SMILES string of the molecule is CC(C)(C)OC(=O)N1C[C@@H]2C[C@H]1c1c(O)n(-c3ccc(C#N)c4ccccc34)c(=O)n12. The second kappa shape index (κ2) is 6.38. The Kier molecular flexibility index (Phi) is 3.96. The number of carbonyl (C=O) groups excluding carboxylic acids is 1. The Bertz CT molecular complexity index is 1340. The fraction of sp³-hybridized carbons (Fsp3) is 0.348. The van der Waals surface area contributed by atoms with E-state index in [0.717, 1.165) is 0 Å². The van der Waals surface area contributed by atoms with Crippen molar-refractivity contribution in [1.82, 2.24) is 14.0 Å². The summed E-state index contributed by atoms with van der Waals surface area (Å²) in [6.45, 7) is 5.78. The van der Waals surface area contributed by atoms with Gasteiger partial charge in [0, 0.05) is 17.3 Å². The van der Waals surface area contributed by atoms with E-state index in [1.807, 2.05) is 24.3 Å². The maximum Gasteiger partial charge on any atom is 0.410 e. The molecular formula is C23H22N4O4. The van der Waals surface area contributed by atoms with E-state index >= 15 is 0 Å². The average molecular weight is 418 g/mol. The van der Waals surface area contributed by atoms with Crippen LogP contribution in [0.1, 0.15) is 50.5 Å². The van der Waals surface area contributed by atoms with E-state index < -0.39 is 17.7 Å². The molecule has 158 valence electrons. The number of rotatable bonds is 1. The van der Waals surface area contributed by atoms with Gasteiger partial charge in [-0.2, -0.15) is 5.26 Å². The van der Waals surface area contributed by atoms with Crippen LogP contribution < -0.4 is 5.69 Å². The van der Waals surface area contributed by atoms with Gasteiger partial charge >= 0.3 is 11.8 Å². The molecule has 0 saturated carbocycles. The summed E-state index contributed by atoms with van der Waals surface area (Å²) in [5, 5.41) is 21.9. The lowest BCUT2D eigenvalue weighted by molar-refractivity contribution is 0.0198. The summed E-state index contributed by atoms with van der Waals surface area (Å²) in [5.74, 6) is -0.180. The van der Waals surface area contributed by atoms with Crippen molar-refractivity contribution in [3.63, 3.8) is 0 Å². The van der Waals surface area contributed by atoms with Crippen LogP contribution in [0.5, 0.6) is 5.88 Å². The van der Waals surface area contributed by atoms with Crippen molar-refractivity contribution < 1.29 is 14.6 Å². The Morgan fingerprint density at radius 3 is 2.58 bits per heavy atom. The van der Waals surface area contributed by atoms with E-state index in [0.29, 0.717) is 40.7 Å². The molecule has 8 heteroatoms. The largest absolute Gasteiger partial charge is 0.493 e. The van der Waals surface area contributed by atoms with Gasteiger partial charge in [-0.3, -0.25) is 9.47 Å². The van der Waals surface area contributed by atoms with E-state index in [2.05, 4.69) is 6.07 Å². The molecular weight excluding hydrogens is 396 g/mol. The average Bonchev–Trinajstić information content (AvgIpc) is 3.38. The number of fused-ring (bicyclic) bond motifs is 6. The monoisotopic (exact) mass is 418 g/mol. The van der Waals surface area contributed by atoms with E-state index in [4.69, 9.17) is 4.74 Å². The van der Waals surface area contributed by atoms with Crippen molar-refractivity contribution in [3.05, 3.63) is 58.1 Å². The Morgan fingerprint density at radius 1 is 1.19 bits per heavy atom. The topological polar surface area (TPSA) is 100 Å². The fourth-order valence-electron chi connectivity index (χ4n) is 4.76. The highest BCUT2D eigenvalue weighted by molar-refractivity contribution is 5.94. The first kappa shape index (κ1) is 19.2. The minimum Gasteiger partial charge on any atom is -0.493 e. The molecule has 5 rings (SSSR count). The zero-order valence-electron chi connectivity index (χ0n) is 17.5. The maximum atomic E-state index is 13.3. The molecule has 2 bridgehead atoms. The molecule has 31 heavy (non-hydrogen) atoms. The summed E-state index contributed by atoms with van der Waals surface area (Å²) in [5.41, 5.74) is 0.449. The number of ether oxygens (including phenoxy) is 1. The Hall–Kier alpha value is -3.73. The van der Waals surface area contributed by atoms with E-state index in [9.17, 15) is 20.0 Å². The summed E-state index contributed by atoms with van der Waals surface area (Å²) in [7, 11) is 0. The predicted octanol–water partition coefficient (Wildman–Crippen LogP) is 3.61. The van der Waals surface area contributed by atoms with Gasteiger partial charge in [-0.05, 0) is 39.3 Å². The summed E-state index contributed by atoms with van der Waals surface area (Å²) in [6.07, 6.45) is 0.126. The molecule has 0 radical (unpaired) electrons. The normalized spacial score (nSPS) is 19.5. The highest BCUT2D eigenvalue weighted by atomic mass is 16.6. The Labute approximate surface area is 178 Å². The number of amides is 1. The molecule has 1 amide bonds. The number of hydrogen-bond acceptors (Lipinski definition) is 5. The zero-order valence-corrected chi connectivity index (χ0v) is 17.5. The second-order valence-electron chi connectivity index (χ2n) is 9.02. The first-order chi connectivity index (χ1) is 14.7. The Morgan fingerprint density at radius 2 is 1.90 bits per heavy atom. The summed E-state index contributed by atoms with van der Waals surface area (Å²) in [4.78, 5) is 27.6. The number of nitrogens with zero attached hydrogens (tertiary/aromatic N) is 4. The third kappa shape index (κ3) is 2.73. The van der Waals surface area contributed by atoms with E-state index in [1.54, 1.807) is 42.4 Å². The summed E-state index contributed by atoms with van der Waals surface area (Å²) in [6, 6.07) is 12.1. The zero-order chi connectivity index (χ0) is 22.1. The molecule has 0 unspecified atom stereocenters. The molecule has 3 heterocycles. The lowest BCUT2D eigenvalue weighted by Crippen LogP contribution is -2.40. The van der Waals surface area contributed by atoms with E-state index in [-0.39, 0.29) is 17.6 Å². The number of benzene rings is 2. The van der Waals surface area contributed by atoms with Crippen molar-refractivity contribution in [2.45, 2.75) is 44.9 Å². The van der Waals surface area contributed by atoms with E-state index in [1.165, 1.54) is 4.57 Å². The molecule has 2 aliphatic rings. The second-order valence-corrected chi connectivity index (χ2v) is 9.02. The number of nitriles is 1. The van der Waals surface area contributed by atoms with Crippen LogP contribution in [0, 0.1) is 11.3 Å². The molecule has 8 nitrogen and oxygen atoms in total. The molecule has 2 atom stereocenters. The van der Waals surface area contributed by atoms with Gasteiger partial charge in [0.15, 0.2) is 0 Å². The van der Waals surface area contributed by atoms with Crippen molar-refractivity contribution >= 4 is 16.9 Å². The standard InChI is InChI=1S/C23H22N4O4/c1-23(2,3)31-22(30)25-12-14-10-18(25)19-20(28)27(21(29)26(14)19)17-9-8-13(11-24)15-6-4-5-7-16(15)17/h4-9,14,18,28H,10,12H2,1-3H3/t14-,18-/m0/s1.